The normalized spacial score (nSPS) is 17.5. The second kappa shape index (κ2) is 22.8. The van der Waals surface area contributed by atoms with Crippen molar-refractivity contribution >= 4 is 17.2 Å². The standard InChI is InChI=1S/C16H28N2.C3H6O.2HNO2.Pd/c1-13(17-15-9-5-3-6-10-15)14(2)18-16-11-7-4-8-12-16;1-3(2)4;2*2-1-3;/h15-16H,3-12H2,1-2H3;1-2H3;2*(H,2,3);/q;;;;+2/p-2. The molecule has 0 bridgehead atoms. The third-order valence-corrected chi connectivity index (χ3v) is 4.43. The first-order valence-electron chi connectivity index (χ1n) is 9.78. The molecule has 0 amide bonds. The summed E-state index contributed by atoms with van der Waals surface area (Å²) in [4.78, 5) is 35.2. The molecule has 0 aromatic heterocycles. The van der Waals surface area contributed by atoms with E-state index in [2.05, 4.69) is 13.8 Å². The number of carbonyl (C=O) groups excluding carboxylic acids is 1. The van der Waals surface area contributed by atoms with Crippen LogP contribution < -0.4 is 0 Å². The summed E-state index contributed by atoms with van der Waals surface area (Å²) >= 11 is 0. The van der Waals surface area contributed by atoms with Crippen molar-refractivity contribution in [3.8, 4) is 0 Å². The van der Waals surface area contributed by atoms with E-state index in [1.807, 2.05) is 0 Å². The van der Waals surface area contributed by atoms with Gasteiger partial charge in [0.25, 0.3) is 0 Å². The molecule has 0 saturated heterocycles. The molecule has 0 aliphatic heterocycles. The third-order valence-electron chi connectivity index (χ3n) is 4.43. The third kappa shape index (κ3) is 22.6. The van der Waals surface area contributed by atoms with Gasteiger partial charge in [0.05, 0.1) is 23.5 Å². The Hall–Kier alpha value is -1.53. The summed E-state index contributed by atoms with van der Waals surface area (Å²) in [5.41, 5.74) is 2.37. The SMILES string of the molecule is CC(=NC1CCCCC1)C(C)=NC1CCCCC1.CC(C)=O.O=N[O-].O=N[O-].[Pd+2]. The molecule has 0 atom stereocenters. The van der Waals surface area contributed by atoms with Crippen LogP contribution in [0.4, 0.5) is 0 Å². The van der Waals surface area contributed by atoms with Crippen LogP contribution in [0.5, 0.6) is 0 Å². The number of hydrogen-bond donors (Lipinski definition) is 0. The molecule has 2 saturated carbocycles. The summed E-state index contributed by atoms with van der Waals surface area (Å²) < 4.78 is 0. The van der Waals surface area contributed by atoms with Gasteiger partial charge in [-0.2, -0.15) is 0 Å². The van der Waals surface area contributed by atoms with E-state index < -0.39 is 0 Å². The molecule has 2 rings (SSSR count). The van der Waals surface area contributed by atoms with Crippen LogP contribution in [0, 0.1) is 20.2 Å². The summed E-state index contributed by atoms with van der Waals surface area (Å²) in [5.74, 6) is 0.167. The van der Waals surface area contributed by atoms with E-state index in [1.165, 1.54) is 89.5 Å². The van der Waals surface area contributed by atoms with Gasteiger partial charge >= 0.3 is 20.4 Å². The van der Waals surface area contributed by atoms with Crippen molar-refractivity contribution < 1.29 is 25.2 Å². The minimum Gasteiger partial charge on any atom is -0.444 e. The average Bonchev–Trinajstić information content (AvgIpc) is 2.64. The molecule has 0 unspecified atom stereocenters. The van der Waals surface area contributed by atoms with Gasteiger partial charge < -0.3 is 25.0 Å². The first kappa shape index (κ1) is 32.1. The quantitative estimate of drug-likeness (QED) is 0.210. The Morgan fingerprint density at radius 3 is 1.07 bits per heavy atom. The number of nitrogens with zero attached hydrogens (tertiary/aromatic N) is 4. The van der Waals surface area contributed by atoms with Crippen molar-refractivity contribution in [2.45, 2.75) is 104 Å². The fraction of sp³-hybridized carbons (Fsp3) is 0.842. The van der Waals surface area contributed by atoms with E-state index in [9.17, 15) is 4.79 Å². The van der Waals surface area contributed by atoms with Crippen LogP contribution in [0.15, 0.2) is 20.7 Å². The van der Waals surface area contributed by atoms with E-state index in [0.717, 1.165) is 10.7 Å². The summed E-state index contributed by atoms with van der Waals surface area (Å²) in [6.45, 7) is 7.35. The minimum absolute atomic E-state index is 0. The van der Waals surface area contributed by atoms with Gasteiger partial charge in [-0.15, -0.1) is 10.7 Å². The Labute approximate surface area is 187 Å². The first-order valence-corrected chi connectivity index (χ1v) is 9.78. The van der Waals surface area contributed by atoms with Crippen molar-refractivity contribution in [3.05, 3.63) is 20.2 Å². The molecule has 0 aromatic rings. The fourth-order valence-corrected chi connectivity index (χ4v) is 3.15. The van der Waals surface area contributed by atoms with Crippen LogP contribution in [0.25, 0.3) is 0 Å². The Bertz CT molecular complexity index is 447. The van der Waals surface area contributed by atoms with Crippen LogP contribution in [0.2, 0.25) is 0 Å². The van der Waals surface area contributed by atoms with Gasteiger partial charge in [0, 0.05) is 0 Å². The van der Waals surface area contributed by atoms with E-state index in [0.29, 0.717) is 12.1 Å². The van der Waals surface area contributed by atoms with Crippen molar-refractivity contribution in [3.63, 3.8) is 0 Å². The molecule has 2 fully saturated rings. The Balaban J connectivity index is -0.000000520. The fourth-order valence-electron chi connectivity index (χ4n) is 3.15. The van der Waals surface area contributed by atoms with Crippen molar-refractivity contribution in [1.82, 2.24) is 0 Å². The zero-order valence-corrected chi connectivity index (χ0v) is 19.4. The number of carbonyl (C=O) groups is 1. The molecule has 29 heavy (non-hydrogen) atoms. The molecule has 2 aliphatic carbocycles. The molecule has 0 N–H and O–H groups in total. The number of rotatable bonds is 3. The number of hydrogen-bond acceptors (Lipinski definition) is 9. The van der Waals surface area contributed by atoms with E-state index in [1.54, 1.807) is 0 Å². The van der Waals surface area contributed by atoms with Crippen molar-refractivity contribution in [2.24, 2.45) is 20.7 Å². The maximum atomic E-state index is 9.44. The molecule has 10 heteroatoms. The molecular weight excluding hydrogens is 471 g/mol. The van der Waals surface area contributed by atoms with Gasteiger partial charge in [-0.3, -0.25) is 9.98 Å². The molecule has 2 aliphatic rings. The van der Waals surface area contributed by atoms with E-state index in [-0.39, 0.29) is 26.2 Å². The zero-order chi connectivity index (χ0) is 21.8. The molecule has 0 heterocycles. The van der Waals surface area contributed by atoms with Crippen LogP contribution in [-0.4, -0.2) is 29.3 Å². The van der Waals surface area contributed by atoms with Crippen LogP contribution >= 0.6 is 0 Å². The van der Waals surface area contributed by atoms with Crippen molar-refractivity contribution in [1.29, 1.82) is 0 Å². The second-order valence-corrected chi connectivity index (χ2v) is 7.07. The van der Waals surface area contributed by atoms with Gasteiger partial charge in [-0.25, -0.2) is 0 Å². The van der Waals surface area contributed by atoms with Gasteiger partial charge in [0.1, 0.15) is 5.78 Å². The van der Waals surface area contributed by atoms with Crippen LogP contribution in [0.1, 0.15) is 91.9 Å². The monoisotopic (exact) mass is 504 g/mol. The second-order valence-electron chi connectivity index (χ2n) is 7.07. The summed E-state index contributed by atoms with van der Waals surface area (Å²) in [5, 5.41) is 18.0. The van der Waals surface area contributed by atoms with Gasteiger partial charge in [-0.1, -0.05) is 38.5 Å². The smallest absolute Gasteiger partial charge is 0.444 e. The predicted molar refractivity (Wildman–Crippen MR) is 115 cm³/mol. The minimum atomic E-state index is 0. The molecular formula is C19H34N4O5Pd. The van der Waals surface area contributed by atoms with E-state index >= 15 is 0 Å². The molecule has 0 aromatic carbocycles. The molecule has 9 nitrogen and oxygen atoms in total. The van der Waals surface area contributed by atoms with Crippen molar-refractivity contribution in [2.75, 3.05) is 0 Å². The van der Waals surface area contributed by atoms with Crippen LogP contribution in [0.3, 0.4) is 0 Å². The van der Waals surface area contributed by atoms with Crippen LogP contribution in [-0.2, 0) is 25.2 Å². The molecule has 170 valence electrons. The molecule has 0 spiro atoms. The first-order chi connectivity index (χ1) is 13.3. The summed E-state index contributed by atoms with van der Waals surface area (Å²) in [7, 11) is 0. The van der Waals surface area contributed by atoms with Gasteiger partial charge in [-0.05, 0) is 53.4 Å². The number of Topliss-reactive ketones (excluding diaryl/α,β-unsaturated/α-hetero) is 1. The number of aliphatic imine (C=N–C) groups is 2. The average molecular weight is 505 g/mol. The Morgan fingerprint density at radius 2 is 0.862 bits per heavy atom. The van der Waals surface area contributed by atoms with E-state index in [4.69, 9.17) is 30.2 Å². The van der Waals surface area contributed by atoms with Gasteiger partial charge in [0.2, 0.25) is 0 Å². The zero-order valence-electron chi connectivity index (χ0n) is 17.9. The summed E-state index contributed by atoms with van der Waals surface area (Å²) in [6, 6.07) is 1.16. The Morgan fingerprint density at radius 1 is 0.655 bits per heavy atom. The summed E-state index contributed by atoms with van der Waals surface area (Å²) in [6.07, 6.45) is 13.4. The largest absolute Gasteiger partial charge is 2.00 e. The maximum absolute atomic E-state index is 9.44. The topological polar surface area (TPSA) is 147 Å². The maximum Gasteiger partial charge on any atom is 2.00 e. The van der Waals surface area contributed by atoms with Gasteiger partial charge in [0.15, 0.2) is 0 Å². The Kier molecular flexibility index (Phi) is 25.2. The molecule has 0 radical (unpaired) electrons. The predicted octanol–water partition coefficient (Wildman–Crippen LogP) is 5.67. The number of ketones is 1.